The molecule has 0 aliphatic rings. The van der Waals surface area contributed by atoms with E-state index in [0.29, 0.717) is 13.0 Å². The van der Waals surface area contributed by atoms with Gasteiger partial charge in [-0.3, -0.25) is 9.59 Å². The second kappa shape index (κ2) is 6.72. The lowest BCUT2D eigenvalue weighted by Gasteiger charge is -2.20. The van der Waals surface area contributed by atoms with Crippen LogP contribution in [0, 0.1) is 5.82 Å². The van der Waals surface area contributed by atoms with E-state index in [1.807, 2.05) is 6.92 Å². The minimum atomic E-state index is -0.577. The number of hydrogen-bond donors (Lipinski definition) is 1. The molecule has 0 heterocycles. The predicted octanol–water partition coefficient (Wildman–Crippen LogP) is 1.43. The van der Waals surface area contributed by atoms with Gasteiger partial charge in [-0.15, -0.1) is 0 Å². The summed E-state index contributed by atoms with van der Waals surface area (Å²) in [5.74, 6) is -1.46. The number of halogens is 1. The SMILES string of the molecule is CCCN(CC(=O)OC)C(=O)c1ccc(F)c(N)c1. The number of amides is 1. The summed E-state index contributed by atoms with van der Waals surface area (Å²) in [7, 11) is 1.26. The molecule has 0 aliphatic carbocycles. The molecule has 6 heteroatoms. The zero-order valence-corrected chi connectivity index (χ0v) is 11.0. The standard InChI is InChI=1S/C13H17FN2O3/c1-3-6-16(8-12(17)19-2)13(18)9-4-5-10(14)11(15)7-9/h4-5,7H,3,6,8,15H2,1-2H3. The van der Waals surface area contributed by atoms with Gasteiger partial charge in [0.1, 0.15) is 12.4 Å². The molecule has 1 aromatic carbocycles. The lowest BCUT2D eigenvalue weighted by molar-refractivity contribution is -0.141. The van der Waals surface area contributed by atoms with Crippen LogP contribution in [0.2, 0.25) is 0 Å². The van der Waals surface area contributed by atoms with E-state index in [4.69, 9.17) is 5.73 Å². The van der Waals surface area contributed by atoms with Crippen molar-refractivity contribution in [3.05, 3.63) is 29.6 Å². The molecule has 1 rings (SSSR count). The largest absolute Gasteiger partial charge is 0.468 e. The first kappa shape index (κ1) is 14.9. The number of benzene rings is 1. The number of carbonyl (C=O) groups excluding carboxylic acids is 2. The summed E-state index contributed by atoms with van der Waals surface area (Å²) < 4.78 is 17.6. The smallest absolute Gasteiger partial charge is 0.325 e. The van der Waals surface area contributed by atoms with Gasteiger partial charge in [0.2, 0.25) is 0 Å². The van der Waals surface area contributed by atoms with Gasteiger partial charge in [-0.1, -0.05) is 6.92 Å². The first-order chi connectivity index (χ1) is 8.99. The van der Waals surface area contributed by atoms with Crippen LogP contribution in [0.4, 0.5) is 10.1 Å². The Balaban J connectivity index is 2.91. The number of nitrogens with two attached hydrogens (primary N) is 1. The average Bonchev–Trinajstić information content (AvgIpc) is 2.40. The number of carbonyl (C=O) groups is 2. The summed E-state index contributed by atoms with van der Waals surface area (Å²) in [5.41, 5.74) is 5.57. The quantitative estimate of drug-likeness (QED) is 0.647. The number of hydrogen-bond acceptors (Lipinski definition) is 4. The van der Waals surface area contributed by atoms with Crippen molar-refractivity contribution in [3.63, 3.8) is 0 Å². The topological polar surface area (TPSA) is 72.6 Å². The molecule has 0 bridgehead atoms. The van der Waals surface area contributed by atoms with Crippen molar-refractivity contribution < 1.29 is 18.7 Å². The van der Waals surface area contributed by atoms with Crippen molar-refractivity contribution in [2.75, 3.05) is 25.9 Å². The fourth-order valence-electron chi connectivity index (χ4n) is 1.60. The van der Waals surface area contributed by atoms with E-state index in [9.17, 15) is 14.0 Å². The maximum Gasteiger partial charge on any atom is 0.325 e. The molecule has 1 amide bonds. The highest BCUT2D eigenvalue weighted by molar-refractivity contribution is 5.96. The molecule has 0 saturated heterocycles. The van der Waals surface area contributed by atoms with E-state index in [2.05, 4.69) is 4.74 Å². The zero-order valence-electron chi connectivity index (χ0n) is 11.0. The highest BCUT2D eigenvalue weighted by Gasteiger charge is 2.19. The molecule has 19 heavy (non-hydrogen) atoms. The average molecular weight is 268 g/mol. The number of esters is 1. The van der Waals surface area contributed by atoms with Crippen LogP contribution in [0.25, 0.3) is 0 Å². The molecular weight excluding hydrogens is 251 g/mol. The molecule has 0 atom stereocenters. The van der Waals surface area contributed by atoms with Crippen LogP contribution in [0.1, 0.15) is 23.7 Å². The van der Waals surface area contributed by atoms with Crippen LogP contribution in [0.15, 0.2) is 18.2 Å². The Hall–Kier alpha value is -2.11. The second-order valence-electron chi connectivity index (χ2n) is 4.04. The Kier molecular flexibility index (Phi) is 5.29. The van der Waals surface area contributed by atoms with Crippen molar-refractivity contribution in [1.82, 2.24) is 4.90 Å². The first-order valence-corrected chi connectivity index (χ1v) is 5.90. The summed E-state index contributed by atoms with van der Waals surface area (Å²) in [6.07, 6.45) is 0.694. The third-order valence-electron chi connectivity index (χ3n) is 2.57. The van der Waals surface area contributed by atoms with Crippen LogP contribution in [0.5, 0.6) is 0 Å². The van der Waals surface area contributed by atoms with E-state index >= 15 is 0 Å². The number of rotatable bonds is 5. The first-order valence-electron chi connectivity index (χ1n) is 5.90. The van der Waals surface area contributed by atoms with Crippen LogP contribution >= 0.6 is 0 Å². The minimum absolute atomic E-state index is 0.0969. The molecule has 0 unspecified atom stereocenters. The lowest BCUT2D eigenvalue weighted by atomic mass is 10.1. The lowest BCUT2D eigenvalue weighted by Crippen LogP contribution is -2.36. The molecule has 0 fully saturated rings. The van der Waals surface area contributed by atoms with Crippen molar-refractivity contribution in [3.8, 4) is 0 Å². The molecule has 1 aromatic rings. The summed E-state index contributed by atoms with van der Waals surface area (Å²) in [4.78, 5) is 24.8. The second-order valence-corrected chi connectivity index (χ2v) is 4.04. The fourth-order valence-corrected chi connectivity index (χ4v) is 1.60. The number of methoxy groups -OCH3 is 1. The molecule has 0 radical (unpaired) electrons. The zero-order chi connectivity index (χ0) is 14.4. The normalized spacial score (nSPS) is 10.1. The van der Waals surface area contributed by atoms with E-state index in [-0.39, 0.29) is 23.7 Å². The van der Waals surface area contributed by atoms with Crippen molar-refractivity contribution in [1.29, 1.82) is 0 Å². The summed E-state index contributed by atoms with van der Waals surface area (Å²) in [6, 6.07) is 3.73. The minimum Gasteiger partial charge on any atom is -0.468 e. The highest BCUT2D eigenvalue weighted by Crippen LogP contribution is 2.14. The number of anilines is 1. The molecule has 0 aromatic heterocycles. The van der Waals surface area contributed by atoms with Gasteiger partial charge in [0.05, 0.1) is 12.8 Å². The van der Waals surface area contributed by atoms with Gasteiger partial charge >= 0.3 is 5.97 Å². The Bertz CT molecular complexity index is 477. The van der Waals surface area contributed by atoms with Gasteiger partial charge < -0.3 is 15.4 Å². The third kappa shape index (κ3) is 3.94. The van der Waals surface area contributed by atoms with Crippen LogP contribution in [0.3, 0.4) is 0 Å². The molecule has 2 N–H and O–H groups in total. The number of nitrogens with zero attached hydrogens (tertiary/aromatic N) is 1. The predicted molar refractivity (Wildman–Crippen MR) is 69.0 cm³/mol. The van der Waals surface area contributed by atoms with E-state index in [1.54, 1.807) is 0 Å². The van der Waals surface area contributed by atoms with Crippen LogP contribution < -0.4 is 5.73 Å². The number of ether oxygens (including phenoxy) is 1. The Morgan fingerprint density at radius 1 is 1.42 bits per heavy atom. The van der Waals surface area contributed by atoms with Gasteiger partial charge in [0, 0.05) is 12.1 Å². The summed E-state index contributed by atoms with van der Waals surface area (Å²) >= 11 is 0. The summed E-state index contributed by atoms with van der Waals surface area (Å²) in [5, 5.41) is 0. The third-order valence-corrected chi connectivity index (χ3v) is 2.57. The van der Waals surface area contributed by atoms with Crippen LogP contribution in [-0.2, 0) is 9.53 Å². The van der Waals surface area contributed by atoms with Crippen molar-refractivity contribution in [2.24, 2.45) is 0 Å². The molecule has 5 nitrogen and oxygen atoms in total. The Morgan fingerprint density at radius 3 is 2.63 bits per heavy atom. The van der Waals surface area contributed by atoms with E-state index in [1.165, 1.54) is 24.1 Å². The fraction of sp³-hybridized carbons (Fsp3) is 0.385. The molecule has 0 spiro atoms. The van der Waals surface area contributed by atoms with Gasteiger partial charge in [-0.05, 0) is 24.6 Å². The number of nitrogen functional groups attached to an aromatic ring is 1. The summed E-state index contributed by atoms with van der Waals surface area (Å²) in [6.45, 7) is 2.16. The molecule has 0 aliphatic heterocycles. The van der Waals surface area contributed by atoms with Gasteiger partial charge in [-0.2, -0.15) is 0 Å². The molecule has 0 saturated carbocycles. The Morgan fingerprint density at radius 2 is 2.11 bits per heavy atom. The maximum absolute atomic E-state index is 13.1. The van der Waals surface area contributed by atoms with Gasteiger partial charge in [0.25, 0.3) is 5.91 Å². The maximum atomic E-state index is 13.1. The monoisotopic (exact) mass is 268 g/mol. The highest BCUT2D eigenvalue weighted by atomic mass is 19.1. The molecular formula is C13H17FN2O3. The van der Waals surface area contributed by atoms with Crippen LogP contribution in [-0.4, -0.2) is 37.0 Å². The Labute approximate surface area is 111 Å². The van der Waals surface area contributed by atoms with E-state index in [0.717, 1.165) is 6.07 Å². The molecule has 104 valence electrons. The van der Waals surface area contributed by atoms with Crippen molar-refractivity contribution in [2.45, 2.75) is 13.3 Å². The van der Waals surface area contributed by atoms with Gasteiger partial charge in [-0.25, -0.2) is 4.39 Å². The van der Waals surface area contributed by atoms with Gasteiger partial charge in [0.15, 0.2) is 0 Å². The van der Waals surface area contributed by atoms with E-state index < -0.39 is 11.8 Å². The van der Waals surface area contributed by atoms with Crippen molar-refractivity contribution >= 4 is 17.6 Å².